The molecule has 1 aromatic heterocycles. The molecule has 2 aromatic rings. The monoisotopic (exact) mass is 298 g/mol. The molecular formula is C14H16F2N2OS. The Hall–Kier alpha value is -1.40. The number of hydrogen-bond donors (Lipinski definition) is 0. The van der Waals surface area contributed by atoms with Crippen LogP contribution in [-0.2, 0) is 17.8 Å². The summed E-state index contributed by atoms with van der Waals surface area (Å²) in [7, 11) is 1.49. The highest BCUT2D eigenvalue weighted by atomic mass is 32.1. The lowest BCUT2D eigenvalue weighted by atomic mass is 10.0. The fraction of sp³-hybridized carbons (Fsp3) is 0.429. The molecule has 0 aliphatic heterocycles. The predicted molar refractivity (Wildman–Crippen MR) is 73.9 cm³/mol. The molecule has 0 fully saturated rings. The van der Waals surface area contributed by atoms with Crippen LogP contribution in [0.15, 0.2) is 12.1 Å². The van der Waals surface area contributed by atoms with E-state index in [1.807, 2.05) is 13.8 Å². The summed E-state index contributed by atoms with van der Waals surface area (Å²) in [4.78, 5) is 0. The maximum atomic E-state index is 13.9. The third-order valence-electron chi connectivity index (χ3n) is 2.86. The zero-order valence-electron chi connectivity index (χ0n) is 11.6. The van der Waals surface area contributed by atoms with Crippen molar-refractivity contribution in [1.82, 2.24) is 10.2 Å². The van der Waals surface area contributed by atoms with E-state index in [0.717, 1.165) is 16.1 Å². The fourth-order valence-corrected chi connectivity index (χ4v) is 2.72. The number of hydrogen-bond acceptors (Lipinski definition) is 4. The van der Waals surface area contributed by atoms with Gasteiger partial charge in [-0.25, -0.2) is 8.78 Å². The molecule has 0 bridgehead atoms. The van der Waals surface area contributed by atoms with Crippen molar-refractivity contribution in [2.24, 2.45) is 0 Å². The Bertz CT molecular complexity index is 599. The number of methoxy groups -OCH3 is 1. The molecular weight excluding hydrogens is 282 g/mol. The molecule has 0 saturated carbocycles. The molecule has 0 N–H and O–H groups in total. The van der Waals surface area contributed by atoms with Crippen LogP contribution >= 0.6 is 11.3 Å². The van der Waals surface area contributed by atoms with Crippen LogP contribution in [0.1, 0.15) is 40.9 Å². The van der Waals surface area contributed by atoms with Gasteiger partial charge in [0.2, 0.25) is 0 Å². The topological polar surface area (TPSA) is 35.0 Å². The molecule has 20 heavy (non-hydrogen) atoms. The minimum absolute atomic E-state index is 0.167. The van der Waals surface area contributed by atoms with Crippen LogP contribution < -0.4 is 0 Å². The Morgan fingerprint density at radius 3 is 2.60 bits per heavy atom. The largest absolute Gasteiger partial charge is 0.380 e. The van der Waals surface area contributed by atoms with Gasteiger partial charge >= 0.3 is 0 Å². The first-order valence-corrected chi connectivity index (χ1v) is 7.11. The van der Waals surface area contributed by atoms with Crippen molar-refractivity contribution < 1.29 is 13.5 Å². The second-order valence-corrected chi connectivity index (χ2v) is 5.92. The third kappa shape index (κ3) is 3.37. The van der Waals surface area contributed by atoms with Gasteiger partial charge in [0.25, 0.3) is 0 Å². The van der Waals surface area contributed by atoms with Crippen LogP contribution in [0.2, 0.25) is 0 Å². The first-order chi connectivity index (χ1) is 9.51. The molecule has 0 aliphatic carbocycles. The van der Waals surface area contributed by atoms with Gasteiger partial charge in [-0.15, -0.1) is 21.5 Å². The highest BCUT2D eigenvalue weighted by molar-refractivity contribution is 7.11. The Morgan fingerprint density at radius 1 is 1.25 bits per heavy atom. The van der Waals surface area contributed by atoms with E-state index in [4.69, 9.17) is 4.74 Å². The molecule has 108 valence electrons. The standard InChI is InChI=1S/C14H16F2N2OS/c1-8(2)14-18-17-13(20-14)6-11-9(7-19-3)4-10(15)5-12(11)16/h4-5,8H,6-7H2,1-3H3. The maximum absolute atomic E-state index is 13.9. The van der Waals surface area contributed by atoms with E-state index >= 15 is 0 Å². The van der Waals surface area contributed by atoms with Crippen LogP contribution in [0.3, 0.4) is 0 Å². The average molecular weight is 298 g/mol. The molecule has 0 unspecified atom stereocenters. The van der Waals surface area contributed by atoms with E-state index < -0.39 is 11.6 Å². The SMILES string of the molecule is COCc1cc(F)cc(F)c1Cc1nnc(C(C)C)s1. The Morgan fingerprint density at radius 2 is 2.00 bits per heavy atom. The van der Waals surface area contributed by atoms with Gasteiger partial charge in [0.15, 0.2) is 0 Å². The number of ether oxygens (including phenoxy) is 1. The second-order valence-electron chi connectivity index (χ2n) is 4.82. The summed E-state index contributed by atoms with van der Waals surface area (Å²) in [6, 6.07) is 2.19. The van der Waals surface area contributed by atoms with Gasteiger partial charge < -0.3 is 4.74 Å². The summed E-state index contributed by atoms with van der Waals surface area (Å²) in [6.45, 7) is 4.22. The van der Waals surface area contributed by atoms with Crippen LogP contribution in [-0.4, -0.2) is 17.3 Å². The van der Waals surface area contributed by atoms with E-state index in [1.54, 1.807) is 0 Å². The van der Waals surface area contributed by atoms with Crippen molar-refractivity contribution in [3.63, 3.8) is 0 Å². The molecule has 0 aliphatic rings. The second kappa shape index (κ2) is 6.37. The summed E-state index contributed by atoms with van der Waals surface area (Å²) < 4.78 is 32.2. The molecule has 3 nitrogen and oxygen atoms in total. The van der Waals surface area contributed by atoms with Gasteiger partial charge in [-0.05, 0) is 11.6 Å². The van der Waals surface area contributed by atoms with E-state index in [-0.39, 0.29) is 12.5 Å². The highest BCUT2D eigenvalue weighted by Gasteiger charge is 2.15. The first kappa shape index (κ1) is 15.0. The lowest BCUT2D eigenvalue weighted by Crippen LogP contribution is -2.02. The zero-order chi connectivity index (χ0) is 14.7. The minimum Gasteiger partial charge on any atom is -0.380 e. The summed E-state index contributed by atoms with van der Waals surface area (Å²) >= 11 is 1.45. The lowest BCUT2D eigenvalue weighted by Gasteiger charge is -2.09. The number of aromatic nitrogens is 2. The number of halogens is 2. The molecule has 0 spiro atoms. The Kier molecular flexibility index (Phi) is 4.77. The van der Waals surface area contributed by atoms with Crippen molar-refractivity contribution in [3.8, 4) is 0 Å². The molecule has 0 atom stereocenters. The van der Waals surface area contributed by atoms with Crippen molar-refractivity contribution in [2.75, 3.05) is 7.11 Å². The Labute approximate surface area is 120 Å². The predicted octanol–water partition coefficient (Wildman–Crippen LogP) is 3.68. The molecule has 0 saturated heterocycles. The maximum Gasteiger partial charge on any atom is 0.130 e. The van der Waals surface area contributed by atoms with Gasteiger partial charge in [0.05, 0.1) is 6.61 Å². The average Bonchev–Trinajstić information content (AvgIpc) is 2.82. The van der Waals surface area contributed by atoms with Crippen LogP contribution in [0.25, 0.3) is 0 Å². The smallest absolute Gasteiger partial charge is 0.130 e. The van der Waals surface area contributed by atoms with Gasteiger partial charge in [-0.2, -0.15) is 0 Å². The lowest BCUT2D eigenvalue weighted by molar-refractivity contribution is 0.183. The molecule has 2 rings (SSSR count). The summed E-state index contributed by atoms with van der Waals surface area (Å²) in [5.41, 5.74) is 0.922. The molecule has 1 heterocycles. The van der Waals surface area contributed by atoms with Crippen LogP contribution in [0.4, 0.5) is 8.78 Å². The van der Waals surface area contributed by atoms with Gasteiger partial charge in [-0.1, -0.05) is 13.8 Å². The van der Waals surface area contributed by atoms with Crippen LogP contribution in [0, 0.1) is 11.6 Å². The van der Waals surface area contributed by atoms with Gasteiger partial charge in [0.1, 0.15) is 21.6 Å². The molecule has 1 aromatic carbocycles. The van der Waals surface area contributed by atoms with E-state index in [0.29, 0.717) is 17.5 Å². The normalized spacial score (nSPS) is 11.3. The van der Waals surface area contributed by atoms with Gasteiger partial charge in [-0.3, -0.25) is 0 Å². The fourth-order valence-electron chi connectivity index (χ4n) is 1.86. The summed E-state index contributed by atoms with van der Waals surface area (Å²) in [5.74, 6) is -0.880. The highest BCUT2D eigenvalue weighted by Crippen LogP contribution is 2.24. The van der Waals surface area contributed by atoms with Crippen molar-refractivity contribution >= 4 is 11.3 Å². The number of benzene rings is 1. The van der Waals surface area contributed by atoms with E-state index in [1.165, 1.54) is 24.5 Å². The molecule has 6 heteroatoms. The van der Waals surface area contributed by atoms with Gasteiger partial charge in [0, 0.05) is 31.1 Å². The molecule has 0 radical (unpaired) electrons. The summed E-state index contributed by atoms with van der Waals surface area (Å²) in [6.07, 6.45) is 0.301. The van der Waals surface area contributed by atoms with Crippen LogP contribution in [0.5, 0.6) is 0 Å². The van der Waals surface area contributed by atoms with Crippen molar-refractivity contribution in [2.45, 2.75) is 32.8 Å². The minimum atomic E-state index is -0.599. The van der Waals surface area contributed by atoms with E-state index in [9.17, 15) is 8.78 Å². The molecule has 0 amide bonds. The Balaban J connectivity index is 2.31. The first-order valence-electron chi connectivity index (χ1n) is 6.29. The number of nitrogens with zero attached hydrogens (tertiary/aromatic N) is 2. The van der Waals surface area contributed by atoms with Crippen molar-refractivity contribution in [3.05, 3.63) is 44.9 Å². The zero-order valence-corrected chi connectivity index (χ0v) is 12.4. The summed E-state index contributed by atoms with van der Waals surface area (Å²) in [5, 5.41) is 9.77. The number of rotatable bonds is 5. The third-order valence-corrected chi connectivity index (χ3v) is 4.08. The van der Waals surface area contributed by atoms with E-state index in [2.05, 4.69) is 10.2 Å². The quantitative estimate of drug-likeness (QED) is 0.844. The van der Waals surface area contributed by atoms with Crippen molar-refractivity contribution in [1.29, 1.82) is 0 Å².